The topological polar surface area (TPSA) is 9.23 Å². The van der Waals surface area contributed by atoms with Gasteiger partial charge < -0.3 is 4.74 Å². The molecule has 0 aliphatic carbocycles. The lowest BCUT2D eigenvalue weighted by Gasteiger charge is -2.19. The summed E-state index contributed by atoms with van der Waals surface area (Å²) in [6, 6.07) is 0. The number of hydrogen-bond donors (Lipinski definition) is 1. The Hall–Kier alpha value is -3.76. The van der Waals surface area contributed by atoms with Crippen LogP contribution in [0.1, 0.15) is 0 Å². The molecule has 0 saturated heterocycles. The highest BCUT2D eigenvalue weighted by Crippen LogP contribution is 2.48. The van der Waals surface area contributed by atoms with Crippen LogP contribution in [-0.2, 0) is 0 Å². The lowest BCUT2D eigenvalue weighted by Crippen LogP contribution is -2.10. The first-order chi connectivity index (χ1) is 18.1. The normalized spacial score (nSPS) is 11.6. The van der Waals surface area contributed by atoms with Crippen molar-refractivity contribution >= 4 is 23.4 Å². The Morgan fingerprint density at radius 3 is 1.10 bits per heavy atom. The van der Waals surface area contributed by atoms with Gasteiger partial charge in [0.1, 0.15) is 0 Å². The van der Waals surface area contributed by atoms with E-state index in [-0.39, 0.29) is 0 Å². The second-order valence-electron chi connectivity index (χ2n) is 7.32. The predicted molar refractivity (Wildman–Crippen MR) is 103 cm³/mol. The molecule has 0 atom stereocenters. The van der Waals surface area contributed by atoms with Crippen LogP contribution in [-0.4, -0.2) is 0 Å². The Bertz CT molecular complexity index is 1690. The molecule has 0 spiro atoms. The van der Waals surface area contributed by atoms with Crippen LogP contribution in [0.25, 0.3) is 21.9 Å². The van der Waals surface area contributed by atoms with E-state index in [4.69, 9.17) is 0 Å². The second kappa shape index (κ2) is 9.46. The maximum Gasteiger partial charge on any atom is 0.207 e. The molecule has 4 aromatic rings. The monoisotopic (exact) mass is 598 g/mol. The zero-order valence-electron chi connectivity index (χ0n) is 17.5. The minimum Gasteiger partial charge on any atom is -0.447 e. The maximum absolute atomic E-state index is 15.1. The molecule has 0 aliphatic heterocycles. The van der Waals surface area contributed by atoms with Gasteiger partial charge in [0.2, 0.25) is 40.7 Å². The number of benzene rings is 4. The van der Waals surface area contributed by atoms with Crippen molar-refractivity contribution < 1.29 is 70.6 Å². The Morgan fingerprint density at radius 1 is 0.308 bits per heavy atom. The van der Waals surface area contributed by atoms with Gasteiger partial charge in [0, 0.05) is 10.9 Å². The molecule has 0 amide bonds. The highest BCUT2D eigenvalue weighted by atomic mass is 32.1. The van der Waals surface area contributed by atoms with Crippen LogP contribution >= 0.6 is 12.6 Å². The fraction of sp³-hybridized carbons (Fsp3) is 0. The summed E-state index contributed by atoms with van der Waals surface area (Å²) < 4.78 is 218. The van der Waals surface area contributed by atoms with Crippen LogP contribution in [0.3, 0.4) is 0 Å². The number of hydrogen-bond acceptors (Lipinski definition) is 2. The molecule has 0 heterocycles. The molecular weight excluding hydrogens is 597 g/mol. The van der Waals surface area contributed by atoms with E-state index < -0.39 is 126 Å². The number of rotatable bonds is 3. The molecule has 0 aliphatic rings. The molecule has 0 aromatic heterocycles. The van der Waals surface area contributed by atoms with Gasteiger partial charge in [-0.2, -0.15) is 13.2 Å². The Kier molecular flexibility index (Phi) is 6.85. The molecule has 1 nitrogen and oxygen atoms in total. The average Bonchev–Trinajstić information content (AvgIpc) is 2.91. The first kappa shape index (κ1) is 28.3. The van der Waals surface area contributed by atoms with Crippen LogP contribution < -0.4 is 4.74 Å². The molecule has 39 heavy (non-hydrogen) atoms. The van der Waals surface area contributed by atoms with E-state index in [1.807, 2.05) is 0 Å². The SMILES string of the molecule is Fc1c(F)c(F)c(Oc2c(F)c(F)c(-c3c(F)c(F)c(S)c(F)c3F)c3c(F)c(F)c(F)c(F)c23)c(F)c1F. The zero-order valence-corrected chi connectivity index (χ0v) is 18.4. The first-order valence-corrected chi connectivity index (χ1v) is 9.91. The molecule has 0 saturated carbocycles. The summed E-state index contributed by atoms with van der Waals surface area (Å²) in [6.45, 7) is 0. The molecule has 4 rings (SSSR count). The molecule has 0 bridgehead atoms. The highest BCUT2D eigenvalue weighted by molar-refractivity contribution is 7.80. The van der Waals surface area contributed by atoms with Gasteiger partial charge in [0.15, 0.2) is 58.1 Å². The predicted octanol–water partition coefficient (Wildman–Crippen LogP) is 8.67. The number of halogens is 15. The number of fused-ring (bicyclic) bond motifs is 1. The van der Waals surface area contributed by atoms with Crippen molar-refractivity contribution in [2.75, 3.05) is 0 Å². The van der Waals surface area contributed by atoms with Crippen molar-refractivity contribution in [1.82, 2.24) is 0 Å². The highest BCUT2D eigenvalue weighted by Gasteiger charge is 2.37. The van der Waals surface area contributed by atoms with E-state index >= 15 is 8.78 Å². The molecule has 206 valence electrons. The molecule has 0 N–H and O–H groups in total. The van der Waals surface area contributed by atoms with E-state index in [1.165, 1.54) is 0 Å². The Labute approximate surface area is 209 Å². The summed E-state index contributed by atoms with van der Waals surface area (Å²) in [7, 11) is 0. The number of ether oxygens (including phenoxy) is 1. The van der Waals surface area contributed by atoms with Gasteiger partial charge in [-0.25, -0.2) is 52.7 Å². The van der Waals surface area contributed by atoms with E-state index in [0.29, 0.717) is 0 Å². The Balaban J connectivity index is 2.26. The minimum atomic E-state index is -2.90. The summed E-state index contributed by atoms with van der Waals surface area (Å²) >= 11 is 3.09. The lowest BCUT2D eigenvalue weighted by molar-refractivity contribution is 0.324. The minimum absolute atomic E-state index is 1.69. The summed E-state index contributed by atoms with van der Waals surface area (Å²) in [4.78, 5) is -1.69. The molecular formula is C22HF15OS. The van der Waals surface area contributed by atoms with Crippen LogP contribution in [0.5, 0.6) is 11.5 Å². The molecule has 0 fully saturated rings. The average molecular weight is 598 g/mol. The molecule has 4 aromatic carbocycles. The lowest BCUT2D eigenvalue weighted by atomic mass is 9.94. The molecule has 0 radical (unpaired) electrons. The third kappa shape index (κ3) is 3.84. The Morgan fingerprint density at radius 2 is 0.641 bits per heavy atom. The molecule has 0 unspecified atom stereocenters. The first-order valence-electron chi connectivity index (χ1n) is 9.47. The van der Waals surface area contributed by atoms with Crippen LogP contribution in [0.2, 0.25) is 0 Å². The van der Waals surface area contributed by atoms with Gasteiger partial charge >= 0.3 is 0 Å². The maximum atomic E-state index is 15.1. The van der Waals surface area contributed by atoms with E-state index in [9.17, 15) is 57.1 Å². The fourth-order valence-electron chi connectivity index (χ4n) is 3.46. The summed E-state index contributed by atoms with van der Waals surface area (Å²) in [6.07, 6.45) is 0. The largest absolute Gasteiger partial charge is 0.447 e. The van der Waals surface area contributed by atoms with Crippen LogP contribution in [0, 0.1) is 87.3 Å². The third-order valence-electron chi connectivity index (χ3n) is 5.22. The smallest absolute Gasteiger partial charge is 0.207 e. The van der Waals surface area contributed by atoms with Gasteiger partial charge in [-0.3, -0.25) is 0 Å². The van der Waals surface area contributed by atoms with Crippen molar-refractivity contribution in [3.8, 4) is 22.6 Å². The van der Waals surface area contributed by atoms with Crippen molar-refractivity contribution in [2.24, 2.45) is 0 Å². The van der Waals surface area contributed by atoms with Crippen molar-refractivity contribution in [3.05, 3.63) is 87.3 Å². The van der Waals surface area contributed by atoms with Gasteiger partial charge in [-0.1, -0.05) is 0 Å². The van der Waals surface area contributed by atoms with E-state index in [0.717, 1.165) is 0 Å². The van der Waals surface area contributed by atoms with Gasteiger partial charge in [0.25, 0.3) is 0 Å². The summed E-state index contributed by atoms with van der Waals surface area (Å²) in [5.74, 6) is -46.4. The quantitative estimate of drug-likeness (QED) is 0.108. The van der Waals surface area contributed by atoms with E-state index in [2.05, 4.69) is 17.4 Å². The van der Waals surface area contributed by atoms with Crippen molar-refractivity contribution in [3.63, 3.8) is 0 Å². The van der Waals surface area contributed by atoms with E-state index in [1.54, 1.807) is 0 Å². The standard InChI is InChI=1S/C22HF15OS/c23-5-2-1(3-7(25)18(36)22(39)19(37)8(3)26)6(24)15(33)20(4(2)9(27)11(29)10(5)28)38-21-16(34)13(31)12(30)14(32)17(21)35/h39H. The van der Waals surface area contributed by atoms with Crippen molar-refractivity contribution in [1.29, 1.82) is 0 Å². The molecule has 17 heteroatoms. The fourth-order valence-corrected chi connectivity index (χ4v) is 3.65. The van der Waals surface area contributed by atoms with Gasteiger partial charge in [-0.05, 0) is 0 Å². The van der Waals surface area contributed by atoms with Crippen LogP contribution in [0.15, 0.2) is 4.90 Å². The zero-order chi connectivity index (χ0) is 29.4. The van der Waals surface area contributed by atoms with Crippen molar-refractivity contribution in [2.45, 2.75) is 4.90 Å². The van der Waals surface area contributed by atoms with Gasteiger partial charge in [0.05, 0.1) is 15.8 Å². The summed E-state index contributed by atoms with van der Waals surface area (Å²) in [5.41, 5.74) is -4.71. The van der Waals surface area contributed by atoms with Crippen LogP contribution in [0.4, 0.5) is 65.9 Å². The summed E-state index contributed by atoms with van der Waals surface area (Å²) in [5, 5.41) is -4.55. The second-order valence-corrected chi connectivity index (χ2v) is 7.77. The van der Waals surface area contributed by atoms with Gasteiger partial charge in [-0.15, -0.1) is 12.6 Å². The third-order valence-corrected chi connectivity index (χ3v) is 5.61. The number of thiol groups is 1.